The Balaban J connectivity index is 1.77. The molecule has 4 rings (SSSR count). The summed E-state index contributed by atoms with van der Waals surface area (Å²) in [4.78, 5) is 2.44. The number of hydrogen-bond donors (Lipinski definition) is 1. The van der Waals surface area contributed by atoms with E-state index in [0.29, 0.717) is 0 Å². The summed E-state index contributed by atoms with van der Waals surface area (Å²) in [7, 11) is 0. The third-order valence-electron chi connectivity index (χ3n) is 4.02. The molecule has 2 aromatic rings. The third-order valence-corrected chi connectivity index (χ3v) is 4.02. The molecule has 18 heavy (non-hydrogen) atoms. The number of rotatable bonds is 1. The lowest BCUT2D eigenvalue weighted by atomic mass is 10.1. The highest BCUT2D eigenvalue weighted by molar-refractivity contribution is 5.70. The quantitative estimate of drug-likeness (QED) is 0.819. The van der Waals surface area contributed by atoms with Gasteiger partial charge in [-0.15, -0.1) is 0 Å². The molecule has 0 radical (unpaired) electrons. The van der Waals surface area contributed by atoms with Crippen molar-refractivity contribution in [2.24, 2.45) is 0 Å². The van der Waals surface area contributed by atoms with Gasteiger partial charge in [0.05, 0.1) is 0 Å². The van der Waals surface area contributed by atoms with Crippen LogP contribution in [0.15, 0.2) is 42.5 Å². The van der Waals surface area contributed by atoms with Crippen molar-refractivity contribution < 1.29 is 0 Å². The predicted octanol–water partition coefficient (Wildman–Crippen LogP) is 2.98. The zero-order valence-corrected chi connectivity index (χ0v) is 10.3. The summed E-state index contributed by atoms with van der Waals surface area (Å²) in [5.74, 6) is 0. The highest BCUT2D eigenvalue weighted by atomic mass is 15.2. The van der Waals surface area contributed by atoms with E-state index in [1.54, 1.807) is 0 Å². The summed E-state index contributed by atoms with van der Waals surface area (Å²) in [5, 5.41) is 3.41. The largest absolute Gasteiger partial charge is 0.341 e. The molecule has 0 spiro atoms. The van der Waals surface area contributed by atoms with Crippen molar-refractivity contribution in [2.45, 2.75) is 19.5 Å². The lowest BCUT2D eigenvalue weighted by Gasteiger charge is -2.20. The van der Waals surface area contributed by atoms with Crippen molar-refractivity contribution in [1.82, 2.24) is 5.32 Å². The van der Waals surface area contributed by atoms with Crippen molar-refractivity contribution in [1.29, 1.82) is 0 Å². The van der Waals surface area contributed by atoms with Crippen molar-refractivity contribution in [2.75, 3.05) is 11.4 Å². The van der Waals surface area contributed by atoms with Gasteiger partial charge in [-0.25, -0.2) is 0 Å². The molecule has 0 unspecified atom stereocenters. The second kappa shape index (κ2) is 3.85. The normalized spacial score (nSPS) is 16.8. The number of fused-ring (bicyclic) bond motifs is 2. The first kappa shape index (κ1) is 10.2. The van der Waals surface area contributed by atoms with E-state index in [4.69, 9.17) is 0 Å². The zero-order valence-electron chi connectivity index (χ0n) is 10.3. The molecule has 0 aromatic heterocycles. The van der Waals surface area contributed by atoms with E-state index < -0.39 is 0 Å². The Morgan fingerprint density at radius 2 is 1.78 bits per heavy atom. The Morgan fingerprint density at radius 3 is 2.78 bits per heavy atom. The molecule has 0 saturated carbocycles. The fourth-order valence-electron chi connectivity index (χ4n) is 3.06. The SMILES string of the molecule is c1ccc2c(c1)CCN2c1ccc2c(c1)CNC2. The van der Waals surface area contributed by atoms with Crippen molar-refractivity contribution in [3.8, 4) is 0 Å². The molecule has 0 aliphatic carbocycles. The van der Waals surface area contributed by atoms with Gasteiger partial charge in [0.1, 0.15) is 0 Å². The van der Waals surface area contributed by atoms with Crippen LogP contribution in [0.1, 0.15) is 16.7 Å². The van der Waals surface area contributed by atoms with E-state index in [1.807, 2.05) is 0 Å². The number of benzene rings is 2. The van der Waals surface area contributed by atoms with E-state index in [1.165, 1.54) is 28.1 Å². The van der Waals surface area contributed by atoms with Crippen LogP contribution in [0.5, 0.6) is 0 Å². The first-order valence-electron chi connectivity index (χ1n) is 6.60. The molecule has 0 fully saturated rings. The second-order valence-electron chi connectivity index (χ2n) is 5.09. The van der Waals surface area contributed by atoms with Gasteiger partial charge in [0.2, 0.25) is 0 Å². The molecule has 90 valence electrons. The van der Waals surface area contributed by atoms with Gasteiger partial charge in [-0.3, -0.25) is 0 Å². The molecule has 0 bridgehead atoms. The monoisotopic (exact) mass is 236 g/mol. The van der Waals surface area contributed by atoms with Crippen LogP contribution in [-0.4, -0.2) is 6.54 Å². The van der Waals surface area contributed by atoms with Gasteiger partial charge in [0, 0.05) is 31.0 Å². The lowest BCUT2D eigenvalue weighted by molar-refractivity contribution is 0.765. The summed E-state index contributed by atoms with van der Waals surface area (Å²) in [5.41, 5.74) is 7.09. The predicted molar refractivity (Wildman–Crippen MR) is 74.1 cm³/mol. The molecular weight excluding hydrogens is 220 g/mol. The van der Waals surface area contributed by atoms with Crippen LogP contribution in [0.4, 0.5) is 11.4 Å². The van der Waals surface area contributed by atoms with Crippen molar-refractivity contribution >= 4 is 11.4 Å². The maximum absolute atomic E-state index is 3.41. The first-order valence-corrected chi connectivity index (χ1v) is 6.60. The number of hydrogen-bond acceptors (Lipinski definition) is 2. The van der Waals surface area contributed by atoms with E-state index >= 15 is 0 Å². The van der Waals surface area contributed by atoms with Gasteiger partial charge >= 0.3 is 0 Å². The van der Waals surface area contributed by atoms with Crippen LogP contribution < -0.4 is 10.2 Å². The number of anilines is 2. The van der Waals surface area contributed by atoms with Crippen LogP contribution in [0.2, 0.25) is 0 Å². The minimum absolute atomic E-state index is 1.01. The average molecular weight is 236 g/mol. The summed E-state index contributed by atoms with van der Waals surface area (Å²) < 4.78 is 0. The number of nitrogens with one attached hydrogen (secondary N) is 1. The highest BCUT2D eigenvalue weighted by Crippen LogP contribution is 2.35. The topological polar surface area (TPSA) is 15.3 Å². The van der Waals surface area contributed by atoms with Gasteiger partial charge in [-0.1, -0.05) is 24.3 Å². The molecule has 2 nitrogen and oxygen atoms in total. The smallest absolute Gasteiger partial charge is 0.0444 e. The molecule has 0 saturated heterocycles. The second-order valence-corrected chi connectivity index (χ2v) is 5.09. The van der Waals surface area contributed by atoms with E-state index in [9.17, 15) is 0 Å². The Bertz CT molecular complexity index is 604. The Hall–Kier alpha value is -1.80. The van der Waals surface area contributed by atoms with E-state index in [0.717, 1.165) is 26.1 Å². The summed E-state index contributed by atoms with van der Waals surface area (Å²) in [6.07, 6.45) is 1.16. The third kappa shape index (κ3) is 1.46. The number of nitrogens with zero attached hydrogens (tertiary/aromatic N) is 1. The minimum Gasteiger partial charge on any atom is -0.341 e. The van der Waals surface area contributed by atoms with E-state index in [-0.39, 0.29) is 0 Å². The summed E-state index contributed by atoms with van der Waals surface area (Å²) >= 11 is 0. The van der Waals surface area contributed by atoms with Crippen LogP contribution >= 0.6 is 0 Å². The van der Waals surface area contributed by atoms with Crippen LogP contribution in [0.3, 0.4) is 0 Å². The Kier molecular flexibility index (Phi) is 2.17. The van der Waals surface area contributed by atoms with Crippen LogP contribution in [0, 0.1) is 0 Å². The molecule has 2 aromatic carbocycles. The maximum atomic E-state index is 3.41. The van der Waals surface area contributed by atoms with Crippen molar-refractivity contribution in [3.05, 3.63) is 59.2 Å². The Labute approximate surface area is 107 Å². The fraction of sp³-hybridized carbons (Fsp3) is 0.250. The van der Waals surface area contributed by atoms with Crippen molar-refractivity contribution in [3.63, 3.8) is 0 Å². The molecule has 0 amide bonds. The standard InChI is InChI=1S/C16H16N2/c1-2-4-16-12(3-1)7-8-18(16)15-6-5-13-10-17-11-14(13)9-15/h1-6,9,17H,7-8,10-11H2. The average Bonchev–Trinajstić information content (AvgIpc) is 3.04. The summed E-state index contributed by atoms with van der Waals surface area (Å²) in [6.45, 7) is 3.14. The van der Waals surface area contributed by atoms with Gasteiger partial charge in [-0.05, 0) is 41.3 Å². The first-order chi connectivity index (χ1) is 8.92. The minimum atomic E-state index is 1.01. The van der Waals surface area contributed by atoms with Gasteiger partial charge in [0.25, 0.3) is 0 Å². The number of para-hydroxylation sites is 1. The highest BCUT2D eigenvalue weighted by Gasteiger charge is 2.21. The molecule has 2 aliphatic rings. The van der Waals surface area contributed by atoms with E-state index in [2.05, 4.69) is 52.7 Å². The molecular formula is C16H16N2. The maximum Gasteiger partial charge on any atom is 0.0444 e. The molecule has 2 aliphatic heterocycles. The summed E-state index contributed by atoms with van der Waals surface area (Å²) in [6, 6.07) is 15.6. The fourth-order valence-corrected chi connectivity index (χ4v) is 3.06. The van der Waals surface area contributed by atoms with Crippen LogP contribution in [0.25, 0.3) is 0 Å². The zero-order chi connectivity index (χ0) is 11.9. The Morgan fingerprint density at radius 1 is 0.889 bits per heavy atom. The van der Waals surface area contributed by atoms with Gasteiger partial charge in [-0.2, -0.15) is 0 Å². The molecule has 2 heterocycles. The molecule has 0 atom stereocenters. The molecule has 2 heteroatoms. The van der Waals surface area contributed by atoms with Crippen LogP contribution in [-0.2, 0) is 19.5 Å². The van der Waals surface area contributed by atoms with Gasteiger partial charge in [0.15, 0.2) is 0 Å². The molecule has 1 N–H and O–H groups in total. The lowest BCUT2D eigenvalue weighted by Crippen LogP contribution is -2.13. The van der Waals surface area contributed by atoms with Gasteiger partial charge < -0.3 is 10.2 Å².